The first-order valence-corrected chi connectivity index (χ1v) is 6.30. The molecule has 0 aromatic heterocycles. The third-order valence-corrected chi connectivity index (χ3v) is 3.52. The Labute approximate surface area is 98.8 Å². The summed E-state index contributed by atoms with van der Waals surface area (Å²) in [6.07, 6.45) is 3.68. The van der Waals surface area contributed by atoms with Crippen molar-refractivity contribution in [2.24, 2.45) is 5.41 Å². The van der Waals surface area contributed by atoms with Crippen LogP contribution < -0.4 is 0 Å². The molecule has 1 fully saturated rings. The van der Waals surface area contributed by atoms with Crippen molar-refractivity contribution in [3.8, 4) is 0 Å². The molecule has 0 bridgehead atoms. The zero-order chi connectivity index (χ0) is 12.4. The molecule has 0 aromatic carbocycles. The number of hydrogen-bond donors (Lipinski definition) is 1. The molecule has 0 saturated carbocycles. The molecule has 1 rings (SSSR count). The molecule has 0 radical (unpaired) electrons. The zero-order valence-electron chi connectivity index (χ0n) is 11.0. The van der Waals surface area contributed by atoms with Gasteiger partial charge in [0.05, 0.1) is 0 Å². The third kappa shape index (κ3) is 2.76. The molecule has 1 aliphatic heterocycles. The fraction of sp³-hybridized carbons (Fsp3) is 0.923. The van der Waals surface area contributed by atoms with Crippen molar-refractivity contribution in [1.82, 2.24) is 4.90 Å². The van der Waals surface area contributed by atoms with Crippen LogP contribution in [0.2, 0.25) is 0 Å². The summed E-state index contributed by atoms with van der Waals surface area (Å²) < 4.78 is 0. The molecule has 0 aromatic rings. The summed E-state index contributed by atoms with van der Waals surface area (Å²) in [5, 5.41) is 9.51. The zero-order valence-corrected chi connectivity index (χ0v) is 11.0. The Hall–Kier alpha value is -0.570. The van der Waals surface area contributed by atoms with E-state index in [1.807, 2.05) is 6.92 Å². The molecule has 0 amide bonds. The maximum absolute atomic E-state index is 11.6. The molecular weight excluding hydrogens is 202 g/mol. The number of carboxylic acids is 1. The Bertz CT molecular complexity index is 257. The second-order valence-electron chi connectivity index (χ2n) is 6.13. The van der Waals surface area contributed by atoms with Crippen molar-refractivity contribution in [3.05, 3.63) is 0 Å². The summed E-state index contributed by atoms with van der Waals surface area (Å²) in [5.41, 5.74) is -0.446. The van der Waals surface area contributed by atoms with E-state index in [2.05, 4.69) is 25.7 Å². The number of nitrogens with zero attached hydrogens (tertiary/aromatic N) is 1. The molecule has 0 aliphatic carbocycles. The summed E-state index contributed by atoms with van der Waals surface area (Å²) in [6.45, 7) is 10.3. The lowest BCUT2D eigenvalue weighted by Gasteiger charge is -2.46. The van der Waals surface area contributed by atoms with Gasteiger partial charge in [-0.05, 0) is 37.6 Å². The average molecular weight is 227 g/mol. The molecule has 1 atom stereocenters. The molecule has 1 aliphatic rings. The Morgan fingerprint density at radius 1 is 1.38 bits per heavy atom. The van der Waals surface area contributed by atoms with Gasteiger partial charge in [0, 0.05) is 6.54 Å². The summed E-state index contributed by atoms with van der Waals surface area (Å²) in [6, 6.07) is 0. The van der Waals surface area contributed by atoms with Crippen molar-refractivity contribution in [1.29, 1.82) is 0 Å². The van der Waals surface area contributed by atoms with E-state index in [4.69, 9.17) is 0 Å². The topological polar surface area (TPSA) is 40.5 Å². The van der Waals surface area contributed by atoms with E-state index in [9.17, 15) is 9.90 Å². The first-order valence-electron chi connectivity index (χ1n) is 6.30. The molecule has 1 heterocycles. The standard InChI is InChI=1S/C13H25NO2/c1-5-13(11(15)16)8-6-7-9-14(13)10-12(2,3)4/h5-10H2,1-4H3,(H,15,16). The smallest absolute Gasteiger partial charge is 0.324 e. The lowest BCUT2D eigenvalue weighted by atomic mass is 9.82. The summed E-state index contributed by atoms with van der Waals surface area (Å²) >= 11 is 0. The number of piperidine rings is 1. The largest absolute Gasteiger partial charge is 0.480 e. The maximum Gasteiger partial charge on any atom is 0.324 e. The number of carbonyl (C=O) groups is 1. The Morgan fingerprint density at radius 3 is 2.44 bits per heavy atom. The van der Waals surface area contributed by atoms with Crippen LogP contribution in [0.25, 0.3) is 0 Å². The van der Waals surface area contributed by atoms with Crippen molar-refractivity contribution >= 4 is 5.97 Å². The molecule has 3 nitrogen and oxygen atoms in total. The second kappa shape index (κ2) is 4.74. The monoisotopic (exact) mass is 227 g/mol. The van der Waals surface area contributed by atoms with Gasteiger partial charge in [-0.25, -0.2) is 0 Å². The first-order chi connectivity index (χ1) is 7.32. The molecule has 0 spiro atoms. The highest BCUT2D eigenvalue weighted by Gasteiger charge is 2.44. The number of aliphatic carboxylic acids is 1. The van der Waals surface area contributed by atoms with Gasteiger partial charge >= 0.3 is 5.97 Å². The molecule has 1 saturated heterocycles. The Kier molecular flexibility index (Phi) is 4.00. The number of likely N-dealkylation sites (tertiary alicyclic amines) is 1. The van der Waals surface area contributed by atoms with Gasteiger partial charge in [-0.15, -0.1) is 0 Å². The highest BCUT2D eigenvalue weighted by Crippen LogP contribution is 2.34. The van der Waals surface area contributed by atoms with Crippen molar-refractivity contribution < 1.29 is 9.90 Å². The molecule has 3 heteroatoms. The lowest BCUT2D eigenvalue weighted by Crippen LogP contribution is -2.58. The maximum atomic E-state index is 11.6. The lowest BCUT2D eigenvalue weighted by molar-refractivity contribution is -0.155. The normalized spacial score (nSPS) is 28.0. The van der Waals surface area contributed by atoms with Crippen molar-refractivity contribution in [2.75, 3.05) is 13.1 Å². The van der Waals surface area contributed by atoms with Crippen LogP contribution in [0.15, 0.2) is 0 Å². The van der Waals surface area contributed by atoms with Crippen LogP contribution >= 0.6 is 0 Å². The van der Waals surface area contributed by atoms with Gasteiger partial charge in [-0.2, -0.15) is 0 Å². The highest BCUT2D eigenvalue weighted by molar-refractivity contribution is 5.78. The van der Waals surface area contributed by atoms with Gasteiger partial charge in [0.1, 0.15) is 5.54 Å². The SMILES string of the molecule is CCC1(C(=O)O)CCCCN1CC(C)(C)C. The first kappa shape index (κ1) is 13.5. The molecule has 1 N–H and O–H groups in total. The van der Waals surface area contributed by atoms with E-state index in [1.54, 1.807) is 0 Å². The molecule has 16 heavy (non-hydrogen) atoms. The molecular formula is C13H25NO2. The Morgan fingerprint density at radius 2 is 2.00 bits per heavy atom. The van der Waals surface area contributed by atoms with E-state index in [1.165, 1.54) is 0 Å². The van der Waals surface area contributed by atoms with Gasteiger partial charge in [0.2, 0.25) is 0 Å². The van der Waals surface area contributed by atoms with Crippen LogP contribution in [0.1, 0.15) is 53.4 Å². The molecule has 1 unspecified atom stereocenters. The Balaban J connectivity index is 2.89. The number of rotatable bonds is 3. The van der Waals surface area contributed by atoms with E-state index >= 15 is 0 Å². The predicted octanol–water partition coefficient (Wildman–Crippen LogP) is 2.75. The van der Waals surface area contributed by atoms with Crippen LogP contribution in [0.4, 0.5) is 0 Å². The van der Waals surface area contributed by atoms with Crippen LogP contribution in [-0.2, 0) is 4.79 Å². The van der Waals surface area contributed by atoms with E-state index in [0.29, 0.717) is 6.42 Å². The van der Waals surface area contributed by atoms with Crippen LogP contribution in [0.5, 0.6) is 0 Å². The fourth-order valence-electron chi connectivity index (χ4n) is 2.69. The van der Waals surface area contributed by atoms with Gasteiger partial charge in [-0.1, -0.05) is 27.7 Å². The second-order valence-corrected chi connectivity index (χ2v) is 6.13. The van der Waals surface area contributed by atoms with E-state index in [-0.39, 0.29) is 5.41 Å². The van der Waals surface area contributed by atoms with E-state index in [0.717, 1.165) is 32.4 Å². The summed E-state index contributed by atoms with van der Waals surface area (Å²) in [5.74, 6) is -0.640. The fourth-order valence-corrected chi connectivity index (χ4v) is 2.69. The third-order valence-electron chi connectivity index (χ3n) is 3.52. The van der Waals surface area contributed by atoms with Crippen LogP contribution in [0.3, 0.4) is 0 Å². The van der Waals surface area contributed by atoms with Gasteiger partial charge in [0.25, 0.3) is 0 Å². The highest BCUT2D eigenvalue weighted by atomic mass is 16.4. The summed E-state index contributed by atoms with van der Waals surface area (Å²) in [4.78, 5) is 13.8. The van der Waals surface area contributed by atoms with Crippen LogP contribution in [0, 0.1) is 5.41 Å². The number of hydrogen-bond acceptors (Lipinski definition) is 2. The van der Waals surface area contributed by atoms with Gasteiger partial charge in [0.15, 0.2) is 0 Å². The number of carboxylic acid groups (broad SMARTS) is 1. The van der Waals surface area contributed by atoms with Crippen molar-refractivity contribution in [3.63, 3.8) is 0 Å². The quantitative estimate of drug-likeness (QED) is 0.806. The average Bonchev–Trinajstić information content (AvgIpc) is 2.16. The minimum Gasteiger partial charge on any atom is -0.480 e. The molecule has 94 valence electrons. The minimum absolute atomic E-state index is 0.160. The summed E-state index contributed by atoms with van der Waals surface area (Å²) in [7, 11) is 0. The van der Waals surface area contributed by atoms with Crippen molar-refractivity contribution in [2.45, 2.75) is 58.9 Å². The van der Waals surface area contributed by atoms with Crippen LogP contribution in [-0.4, -0.2) is 34.6 Å². The van der Waals surface area contributed by atoms with E-state index < -0.39 is 11.5 Å². The van der Waals surface area contributed by atoms with Gasteiger partial charge in [-0.3, -0.25) is 9.69 Å². The minimum atomic E-state index is -0.640. The van der Waals surface area contributed by atoms with Gasteiger partial charge < -0.3 is 5.11 Å². The predicted molar refractivity (Wildman–Crippen MR) is 65.5 cm³/mol.